The van der Waals surface area contributed by atoms with E-state index in [9.17, 15) is 4.79 Å². The number of ether oxygens (including phenoxy) is 2. The van der Waals surface area contributed by atoms with Gasteiger partial charge < -0.3 is 18.9 Å². The molecule has 0 aromatic carbocycles. The lowest BCUT2D eigenvalue weighted by molar-refractivity contribution is 0.0684. The quantitative estimate of drug-likeness (QED) is 0.747. The number of pyridine rings is 1. The van der Waals surface area contributed by atoms with Crippen molar-refractivity contribution in [2.75, 3.05) is 27.3 Å². The van der Waals surface area contributed by atoms with Gasteiger partial charge >= 0.3 is 0 Å². The van der Waals surface area contributed by atoms with Crippen molar-refractivity contribution in [1.29, 1.82) is 0 Å². The largest absolute Gasteiger partial charge is 0.481 e. The topological polar surface area (TPSA) is 69.5 Å². The molecule has 0 unspecified atom stereocenters. The fourth-order valence-corrected chi connectivity index (χ4v) is 3.61. The molecule has 1 saturated heterocycles. The van der Waals surface area contributed by atoms with Crippen molar-refractivity contribution < 1.29 is 14.3 Å². The first-order valence-electron chi connectivity index (χ1n) is 9.41. The summed E-state index contributed by atoms with van der Waals surface area (Å²) in [5.74, 6) is 2.18. The highest BCUT2D eigenvalue weighted by Crippen LogP contribution is 2.23. The van der Waals surface area contributed by atoms with Crippen LogP contribution < -0.4 is 4.74 Å². The van der Waals surface area contributed by atoms with Crippen LogP contribution in [0.2, 0.25) is 0 Å². The molecule has 3 rings (SSSR count). The van der Waals surface area contributed by atoms with Crippen LogP contribution in [0.3, 0.4) is 0 Å². The van der Waals surface area contributed by atoms with Crippen LogP contribution in [0.5, 0.6) is 5.88 Å². The molecule has 1 fully saturated rings. The van der Waals surface area contributed by atoms with E-state index in [0.717, 1.165) is 44.7 Å². The molecule has 1 amide bonds. The summed E-state index contributed by atoms with van der Waals surface area (Å²) in [6, 6.07) is 3.50. The van der Waals surface area contributed by atoms with Gasteiger partial charge in [-0.25, -0.2) is 9.97 Å². The molecule has 3 heterocycles. The summed E-state index contributed by atoms with van der Waals surface area (Å²) in [6.45, 7) is 5.16. The molecule has 2 aromatic rings. The van der Waals surface area contributed by atoms with Crippen LogP contribution in [0.25, 0.3) is 0 Å². The molecule has 0 bridgehead atoms. The molecule has 146 valence electrons. The van der Waals surface area contributed by atoms with Crippen LogP contribution in [0.1, 0.15) is 41.1 Å². The van der Waals surface area contributed by atoms with Gasteiger partial charge in [-0.05, 0) is 38.2 Å². The zero-order valence-electron chi connectivity index (χ0n) is 16.4. The lowest BCUT2D eigenvalue weighted by atomic mass is 9.93. The Bertz CT molecular complexity index is 749. The molecule has 0 N–H and O–H groups in total. The van der Waals surface area contributed by atoms with E-state index >= 15 is 0 Å². The maximum absolute atomic E-state index is 12.6. The average molecular weight is 372 g/mol. The molecule has 1 aliphatic rings. The predicted molar refractivity (Wildman–Crippen MR) is 102 cm³/mol. The molecule has 0 aliphatic carbocycles. The summed E-state index contributed by atoms with van der Waals surface area (Å²) in [5.41, 5.74) is 1.79. The minimum Gasteiger partial charge on any atom is -0.481 e. The maximum atomic E-state index is 12.6. The summed E-state index contributed by atoms with van der Waals surface area (Å²) < 4.78 is 12.5. The molecule has 7 heteroatoms. The first-order valence-corrected chi connectivity index (χ1v) is 9.41. The summed E-state index contributed by atoms with van der Waals surface area (Å²) in [4.78, 5) is 23.1. The number of carbonyl (C=O) groups is 1. The van der Waals surface area contributed by atoms with Gasteiger partial charge in [0.2, 0.25) is 5.88 Å². The fourth-order valence-electron chi connectivity index (χ4n) is 3.61. The minimum atomic E-state index is 0.0523. The van der Waals surface area contributed by atoms with E-state index in [4.69, 9.17) is 9.47 Å². The molecular weight excluding hydrogens is 344 g/mol. The van der Waals surface area contributed by atoms with Crippen molar-refractivity contribution in [2.24, 2.45) is 5.92 Å². The maximum Gasteiger partial charge on any atom is 0.255 e. The number of aromatic nitrogens is 3. The molecule has 0 radical (unpaired) electrons. The van der Waals surface area contributed by atoms with Gasteiger partial charge in [0.05, 0.1) is 12.7 Å². The molecule has 1 aliphatic heterocycles. The number of likely N-dealkylation sites (tertiary alicyclic amines) is 1. The van der Waals surface area contributed by atoms with E-state index in [2.05, 4.69) is 21.5 Å². The summed E-state index contributed by atoms with van der Waals surface area (Å²) >= 11 is 0. The van der Waals surface area contributed by atoms with Crippen LogP contribution >= 0.6 is 0 Å². The van der Waals surface area contributed by atoms with E-state index in [1.54, 1.807) is 32.5 Å². The number of methoxy groups -OCH3 is 2. The van der Waals surface area contributed by atoms with Crippen molar-refractivity contribution in [2.45, 2.75) is 39.3 Å². The van der Waals surface area contributed by atoms with Gasteiger partial charge in [0.25, 0.3) is 5.91 Å². The third kappa shape index (κ3) is 4.66. The number of aryl methyl sites for hydroxylation is 1. The van der Waals surface area contributed by atoms with Crippen LogP contribution in [-0.4, -0.2) is 52.7 Å². The van der Waals surface area contributed by atoms with Gasteiger partial charge in [-0.15, -0.1) is 0 Å². The molecule has 0 atom stereocenters. The Hall–Kier alpha value is -2.41. The average Bonchev–Trinajstić information content (AvgIpc) is 3.06. The number of imidazole rings is 1. The van der Waals surface area contributed by atoms with Crippen LogP contribution in [0, 0.1) is 12.8 Å². The van der Waals surface area contributed by atoms with Crippen LogP contribution in [-0.2, 0) is 17.9 Å². The number of amides is 1. The van der Waals surface area contributed by atoms with Gasteiger partial charge in [-0.2, -0.15) is 0 Å². The second kappa shape index (κ2) is 8.99. The van der Waals surface area contributed by atoms with Gasteiger partial charge in [0.1, 0.15) is 12.4 Å². The number of piperidine rings is 1. The monoisotopic (exact) mass is 372 g/mol. The molecule has 0 spiro atoms. The number of hydrogen-bond donors (Lipinski definition) is 0. The zero-order chi connectivity index (χ0) is 19.2. The molecule has 2 aromatic heterocycles. The Morgan fingerprint density at radius 1 is 1.19 bits per heavy atom. The molecule has 27 heavy (non-hydrogen) atoms. The smallest absolute Gasteiger partial charge is 0.255 e. The third-order valence-electron chi connectivity index (χ3n) is 5.27. The Balaban J connectivity index is 1.50. The first kappa shape index (κ1) is 19.4. The van der Waals surface area contributed by atoms with Gasteiger partial charge in [-0.1, -0.05) is 0 Å². The highest BCUT2D eigenvalue weighted by Gasteiger charge is 2.24. The molecular formula is C20H28N4O3. The minimum absolute atomic E-state index is 0.0523. The Kier molecular flexibility index (Phi) is 6.45. The predicted octanol–water partition coefficient (Wildman–Crippen LogP) is 2.68. The summed E-state index contributed by atoms with van der Waals surface area (Å²) in [6.07, 6.45) is 6.65. The number of nitrogens with zero attached hydrogens (tertiary/aromatic N) is 4. The van der Waals surface area contributed by atoms with Crippen molar-refractivity contribution in [1.82, 2.24) is 19.4 Å². The lowest BCUT2D eigenvalue weighted by Crippen LogP contribution is -2.38. The molecule has 0 saturated carbocycles. The second-order valence-electron chi connectivity index (χ2n) is 7.01. The number of hydrogen-bond acceptors (Lipinski definition) is 5. The normalized spacial score (nSPS) is 15.1. The highest BCUT2D eigenvalue weighted by atomic mass is 16.5. The van der Waals surface area contributed by atoms with Crippen molar-refractivity contribution >= 4 is 5.91 Å². The van der Waals surface area contributed by atoms with Gasteiger partial charge in [0.15, 0.2) is 0 Å². The Morgan fingerprint density at radius 2 is 1.96 bits per heavy atom. The molecule has 7 nitrogen and oxygen atoms in total. The fraction of sp³-hybridized carbons (Fsp3) is 0.550. The highest BCUT2D eigenvalue weighted by molar-refractivity contribution is 5.94. The first-order chi connectivity index (χ1) is 13.1. The SMILES string of the molecule is COCc1ncc(C)n1CCC1CCN(C(=O)c2ccc(OC)nc2)CC1. The summed E-state index contributed by atoms with van der Waals surface area (Å²) in [5, 5.41) is 0. The Morgan fingerprint density at radius 3 is 2.59 bits per heavy atom. The van der Waals surface area contributed by atoms with Gasteiger partial charge in [-0.3, -0.25) is 4.79 Å². The van der Waals surface area contributed by atoms with Crippen molar-refractivity contribution in [3.63, 3.8) is 0 Å². The van der Waals surface area contributed by atoms with Crippen molar-refractivity contribution in [3.8, 4) is 5.88 Å². The van der Waals surface area contributed by atoms with E-state index < -0.39 is 0 Å². The van der Waals surface area contributed by atoms with Gasteiger partial charge in [0, 0.05) is 50.9 Å². The summed E-state index contributed by atoms with van der Waals surface area (Å²) in [7, 11) is 3.26. The second-order valence-corrected chi connectivity index (χ2v) is 7.01. The van der Waals surface area contributed by atoms with Crippen molar-refractivity contribution in [3.05, 3.63) is 41.6 Å². The van der Waals surface area contributed by atoms with E-state index in [1.807, 2.05) is 11.1 Å². The van der Waals surface area contributed by atoms with E-state index in [0.29, 0.717) is 24.0 Å². The number of rotatable bonds is 7. The van der Waals surface area contributed by atoms with E-state index in [-0.39, 0.29) is 5.91 Å². The van der Waals surface area contributed by atoms with E-state index in [1.165, 1.54) is 5.69 Å². The third-order valence-corrected chi connectivity index (χ3v) is 5.27. The van der Waals surface area contributed by atoms with Crippen LogP contribution in [0.4, 0.5) is 0 Å². The number of carbonyl (C=O) groups excluding carboxylic acids is 1. The lowest BCUT2D eigenvalue weighted by Gasteiger charge is -2.32. The standard InChI is InChI=1S/C20H28N4O3/c1-15-12-21-18(14-26-2)24(15)11-8-16-6-9-23(10-7-16)20(25)17-4-5-19(27-3)22-13-17/h4-5,12-13,16H,6-11,14H2,1-3H3. The zero-order valence-corrected chi connectivity index (χ0v) is 16.4. The van der Waals surface area contributed by atoms with Crippen LogP contribution in [0.15, 0.2) is 24.5 Å². The Labute approximate surface area is 160 Å².